The molecule has 0 heterocycles. The zero-order valence-electron chi connectivity index (χ0n) is 10.0. The molecule has 1 N–H and O–H groups in total. The number of ketones is 2. The number of carbonyl (C=O) groups is 3. The monoisotopic (exact) mass is 238 g/mol. The van der Waals surface area contributed by atoms with Gasteiger partial charge in [0.05, 0.1) is 5.92 Å². The van der Waals surface area contributed by atoms with Gasteiger partial charge in [-0.15, -0.1) is 0 Å². The van der Waals surface area contributed by atoms with E-state index in [1.54, 1.807) is 13.0 Å². The minimum Gasteiger partial charge on any atom is -0.481 e. The molecule has 0 spiro atoms. The lowest BCUT2D eigenvalue weighted by Crippen LogP contribution is -2.15. The van der Waals surface area contributed by atoms with E-state index in [2.05, 4.69) is 0 Å². The molecule has 0 aromatic rings. The summed E-state index contributed by atoms with van der Waals surface area (Å²) in [6.07, 6.45) is 5.87. The summed E-state index contributed by atoms with van der Waals surface area (Å²) in [5.74, 6) is -1.24. The first-order valence-electron chi connectivity index (χ1n) is 5.95. The summed E-state index contributed by atoms with van der Waals surface area (Å²) < 4.78 is 0. The maximum absolute atomic E-state index is 11.6. The molecule has 94 valence electrons. The molecule has 1 rings (SSSR count). The molecule has 1 fully saturated rings. The smallest absolute Gasteiger partial charge is 0.303 e. The Bertz CT molecular complexity index is 343. The van der Waals surface area contributed by atoms with Crippen LogP contribution >= 0.6 is 0 Å². The van der Waals surface area contributed by atoms with E-state index in [1.807, 2.05) is 6.08 Å². The average molecular weight is 238 g/mol. The van der Waals surface area contributed by atoms with Crippen molar-refractivity contribution in [1.29, 1.82) is 0 Å². The van der Waals surface area contributed by atoms with Crippen LogP contribution < -0.4 is 0 Å². The highest BCUT2D eigenvalue weighted by atomic mass is 16.4. The van der Waals surface area contributed by atoms with Crippen molar-refractivity contribution < 1.29 is 19.5 Å². The van der Waals surface area contributed by atoms with Gasteiger partial charge in [-0.3, -0.25) is 14.4 Å². The third kappa shape index (κ3) is 4.13. The van der Waals surface area contributed by atoms with Crippen LogP contribution in [0.1, 0.15) is 39.0 Å². The SMILES string of the molecule is CC1CC(=O)C(CC/C=C\CCC(=O)O)C1=O. The standard InChI is InChI=1S/C13H18O4/c1-9-8-11(14)10(13(9)17)6-4-2-3-5-7-12(15)16/h2-3,9-10H,4-8H2,1H3,(H,15,16)/b3-2-. The Morgan fingerprint density at radius 1 is 1.35 bits per heavy atom. The first kappa shape index (κ1) is 13.6. The molecular weight excluding hydrogens is 220 g/mol. The summed E-state index contributed by atoms with van der Waals surface area (Å²) in [5, 5.41) is 8.42. The van der Waals surface area contributed by atoms with Crippen LogP contribution in [0.4, 0.5) is 0 Å². The van der Waals surface area contributed by atoms with Gasteiger partial charge in [0.25, 0.3) is 0 Å². The quantitative estimate of drug-likeness (QED) is 0.567. The van der Waals surface area contributed by atoms with E-state index in [0.29, 0.717) is 25.7 Å². The van der Waals surface area contributed by atoms with E-state index in [1.165, 1.54) is 0 Å². The largest absolute Gasteiger partial charge is 0.481 e. The van der Waals surface area contributed by atoms with Crippen LogP contribution in [-0.4, -0.2) is 22.6 Å². The number of aliphatic carboxylic acids is 1. The maximum atomic E-state index is 11.6. The average Bonchev–Trinajstić information content (AvgIpc) is 2.48. The number of allylic oxidation sites excluding steroid dienone is 2. The molecule has 17 heavy (non-hydrogen) atoms. The van der Waals surface area contributed by atoms with E-state index >= 15 is 0 Å². The highest BCUT2D eigenvalue weighted by Gasteiger charge is 2.37. The van der Waals surface area contributed by atoms with Crippen LogP contribution in [0, 0.1) is 11.8 Å². The molecule has 1 aliphatic carbocycles. The maximum Gasteiger partial charge on any atom is 0.303 e. The van der Waals surface area contributed by atoms with E-state index < -0.39 is 11.9 Å². The minimum absolute atomic E-state index is 0.0569. The molecule has 0 saturated heterocycles. The number of hydrogen-bond acceptors (Lipinski definition) is 3. The number of carboxylic acid groups (broad SMARTS) is 1. The number of rotatable bonds is 6. The van der Waals surface area contributed by atoms with Crippen LogP contribution in [0.25, 0.3) is 0 Å². The molecule has 4 nitrogen and oxygen atoms in total. The van der Waals surface area contributed by atoms with Crippen molar-refractivity contribution in [3.8, 4) is 0 Å². The molecule has 4 heteroatoms. The molecule has 2 unspecified atom stereocenters. The van der Waals surface area contributed by atoms with E-state index in [4.69, 9.17) is 5.11 Å². The second-order valence-corrected chi connectivity index (χ2v) is 4.51. The molecule has 2 atom stereocenters. The lowest BCUT2D eigenvalue weighted by Gasteiger charge is -2.04. The lowest BCUT2D eigenvalue weighted by molar-refractivity contribution is -0.137. The van der Waals surface area contributed by atoms with Gasteiger partial charge >= 0.3 is 5.97 Å². The van der Waals surface area contributed by atoms with Crippen molar-refractivity contribution in [3.05, 3.63) is 12.2 Å². The van der Waals surface area contributed by atoms with Crippen molar-refractivity contribution in [3.63, 3.8) is 0 Å². The van der Waals surface area contributed by atoms with Gasteiger partial charge in [0.2, 0.25) is 0 Å². The summed E-state index contributed by atoms with van der Waals surface area (Å²) in [7, 11) is 0. The second-order valence-electron chi connectivity index (χ2n) is 4.51. The molecule has 0 aromatic carbocycles. The zero-order valence-corrected chi connectivity index (χ0v) is 10.0. The third-order valence-electron chi connectivity index (χ3n) is 3.04. The molecule has 1 saturated carbocycles. The van der Waals surface area contributed by atoms with Crippen LogP contribution in [-0.2, 0) is 14.4 Å². The van der Waals surface area contributed by atoms with Crippen LogP contribution in [0.3, 0.4) is 0 Å². The van der Waals surface area contributed by atoms with Crippen LogP contribution in [0.5, 0.6) is 0 Å². The predicted octanol–water partition coefficient (Wildman–Crippen LogP) is 1.98. The fourth-order valence-corrected chi connectivity index (χ4v) is 2.06. The van der Waals surface area contributed by atoms with Gasteiger partial charge in [-0.05, 0) is 19.3 Å². The Hall–Kier alpha value is -1.45. The molecular formula is C13H18O4. The molecule has 0 aromatic heterocycles. The molecule has 0 aliphatic heterocycles. The van der Waals surface area contributed by atoms with Crippen molar-refractivity contribution in [2.24, 2.45) is 11.8 Å². The first-order chi connectivity index (χ1) is 8.02. The third-order valence-corrected chi connectivity index (χ3v) is 3.04. The number of hydrogen-bond donors (Lipinski definition) is 1. The number of carboxylic acids is 1. The zero-order chi connectivity index (χ0) is 12.8. The van der Waals surface area contributed by atoms with Crippen molar-refractivity contribution in [2.45, 2.75) is 39.0 Å². The van der Waals surface area contributed by atoms with Gasteiger partial charge in [-0.2, -0.15) is 0 Å². The fourth-order valence-electron chi connectivity index (χ4n) is 2.06. The van der Waals surface area contributed by atoms with Crippen molar-refractivity contribution in [2.75, 3.05) is 0 Å². The Kier molecular flexibility index (Phi) is 5.07. The summed E-state index contributed by atoms with van der Waals surface area (Å²) in [5.41, 5.74) is 0. The highest BCUT2D eigenvalue weighted by Crippen LogP contribution is 2.27. The Morgan fingerprint density at radius 3 is 2.53 bits per heavy atom. The van der Waals surface area contributed by atoms with Crippen LogP contribution in [0.15, 0.2) is 12.2 Å². The minimum atomic E-state index is -0.815. The topological polar surface area (TPSA) is 71.4 Å². The van der Waals surface area contributed by atoms with Gasteiger partial charge in [0.1, 0.15) is 11.6 Å². The van der Waals surface area contributed by atoms with Gasteiger partial charge in [-0.1, -0.05) is 19.1 Å². The molecule has 1 aliphatic rings. The first-order valence-corrected chi connectivity index (χ1v) is 5.95. The van der Waals surface area contributed by atoms with Crippen molar-refractivity contribution >= 4 is 17.5 Å². The predicted molar refractivity (Wildman–Crippen MR) is 62.5 cm³/mol. The Labute approximate surface area is 101 Å². The molecule has 0 bridgehead atoms. The van der Waals surface area contributed by atoms with Gasteiger partial charge < -0.3 is 5.11 Å². The fraction of sp³-hybridized carbons (Fsp3) is 0.615. The van der Waals surface area contributed by atoms with Gasteiger partial charge in [0, 0.05) is 18.8 Å². The summed E-state index contributed by atoms with van der Waals surface area (Å²) in [6, 6.07) is 0. The Morgan fingerprint density at radius 2 is 2.00 bits per heavy atom. The van der Waals surface area contributed by atoms with Gasteiger partial charge in [0.15, 0.2) is 0 Å². The summed E-state index contributed by atoms with van der Waals surface area (Å²) in [6.45, 7) is 1.79. The lowest BCUT2D eigenvalue weighted by atomic mass is 9.98. The Balaban J connectivity index is 2.25. The summed E-state index contributed by atoms with van der Waals surface area (Å²) >= 11 is 0. The normalized spacial score (nSPS) is 24.8. The second kappa shape index (κ2) is 6.33. The molecule has 0 radical (unpaired) electrons. The van der Waals surface area contributed by atoms with Crippen molar-refractivity contribution in [1.82, 2.24) is 0 Å². The molecule has 0 amide bonds. The van der Waals surface area contributed by atoms with E-state index in [9.17, 15) is 14.4 Å². The van der Waals surface area contributed by atoms with Gasteiger partial charge in [-0.25, -0.2) is 0 Å². The van der Waals surface area contributed by atoms with E-state index in [-0.39, 0.29) is 23.9 Å². The highest BCUT2D eigenvalue weighted by molar-refractivity contribution is 6.09. The number of Topliss-reactive ketones (excluding diaryl/α,β-unsaturated/α-hetero) is 2. The van der Waals surface area contributed by atoms with Crippen LogP contribution in [0.2, 0.25) is 0 Å². The number of carbonyl (C=O) groups excluding carboxylic acids is 2. The summed E-state index contributed by atoms with van der Waals surface area (Å²) in [4.78, 5) is 33.3. The van der Waals surface area contributed by atoms with E-state index in [0.717, 1.165) is 0 Å².